The molecule has 0 aromatic carbocycles. The Labute approximate surface area is 126 Å². The van der Waals surface area contributed by atoms with Gasteiger partial charge in [0.2, 0.25) is 0 Å². The quantitative estimate of drug-likeness (QED) is 0.271. The number of rotatable bonds is 3. The van der Waals surface area contributed by atoms with Gasteiger partial charge in [-0.2, -0.15) is 0 Å². The fourth-order valence-corrected chi connectivity index (χ4v) is 2.50. The highest BCUT2D eigenvalue weighted by Gasteiger charge is 2.49. The largest absolute Gasteiger partial charge is 0.388 e. The third kappa shape index (κ3) is 3.26. The summed E-state index contributed by atoms with van der Waals surface area (Å²) in [6, 6.07) is 0. The van der Waals surface area contributed by atoms with Crippen LogP contribution in [0.25, 0.3) is 0 Å². The molecule has 2 rings (SSSR count). The number of hydrogen-bond donors (Lipinski definition) is 7. The van der Waals surface area contributed by atoms with E-state index in [9.17, 15) is 35.7 Å². The minimum Gasteiger partial charge on any atom is -0.388 e. The Morgan fingerprint density at radius 3 is 1.95 bits per heavy atom. The molecule has 0 aromatic heterocycles. The molecule has 0 spiro atoms. The Bertz CT molecular complexity index is 368. The van der Waals surface area contributed by atoms with Crippen LogP contribution in [0.15, 0.2) is 0 Å². The van der Waals surface area contributed by atoms with Crippen LogP contribution in [0.1, 0.15) is 13.3 Å². The van der Waals surface area contributed by atoms with Gasteiger partial charge in [0.15, 0.2) is 18.9 Å². The first-order valence-corrected chi connectivity index (χ1v) is 7.00. The summed E-state index contributed by atoms with van der Waals surface area (Å²) in [4.78, 5) is 0. The van der Waals surface area contributed by atoms with E-state index < -0.39 is 61.6 Å². The molecule has 0 aliphatic carbocycles. The van der Waals surface area contributed by atoms with Crippen molar-refractivity contribution in [3.8, 4) is 0 Å². The topological polar surface area (TPSA) is 169 Å². The second kappa shape index (κ2) is 7.01. The summed E-state index contributed by atoms with van der Waals surface area (Å²) >= 11 is 0. The summed E-state index contributed by atoms with van der Waals surface area (Å²) in [6.07, 6.45) is -15.1. The number of aliphatic hydroxyl groups excluding tert-OH is 7. The molecule has 0 amide bonds. The van der Waals surface area contributed by atoms with Crippen LogP contribution in [0.2, 0.25) is 0 Å². The van der Waals surface area contributed by atoms with E-state index in [4.69, 9.17) is 14.2 Å². The number of ether oxygens (including phenoxy) is 3. The van der Waals surface area contributed by atoms with Gasteiger partial charge in [-0.1, -0.05) is 6.92 Å². The minimum atomic E-state index is -1.82. The van der Waals surface area contributed by atoms with Crippen molar-refractivity contribution in [1.29, 1.82) is 0 Å². The summed E-state index contributed by atoms with van der Waals surface area (Å²) < 4.78 is 15.0. The SMILES string of the molecule is CCC1OC(O)C(OC2OC(O)C(O)[C@H](O)[C@@H]2O)[C@H](O)[C@@H]1O. The van der Waals surface area contributed by atoms with E-state index in [-0.39, 0.29) is 0 Å². The van der Waals surface area contributed by atoms with Crippen molar-refractivity contribution in [2.75, 3.05) is 0 Å². The second-order valence-corrected chi connectivity index (χ2v) is 5.42. The highest BCUT2D eigenvalue weighted by molar-refractivity contribution is 4.91. The molecule has 0 bridgehead atoms. The van der Waals surface area contributed by atoms with E-state index in [1.54, 1.807) is 6.92 Å². The molecule has 7 N–H and O–H groups in total. The normalized spacial score (nSPS) is 53.5. The van der Waals surface area contributed by atoms with Gasteiger partial charge in [-0.25, -0.2) is 0 Å². The molecule has 10 heteroatoms. The molecule has 22 heavy (non-hydrogen) atoms. The molecule has 130 valence electrons. The summed E-state index contributed by atoms with van der Waals surface area (Å²) in [7, 11) is 0. The van der Waals surface area contributed by atoms with Crippen molar-refractivity contribution in [2.24, 2.45) is 0 Å². The van der Waals surface area contributed by atoms with Gasteiger partial charge in [-0.05, 0) is 6.42 Å². The lowest BCUT2D eigenvalue weighted by atomic mass is 9.97. The van der Waals surface area contributed by atoms with E-state index in [1.165, 1.54) is 0 Å². The van der Waals surface area contributed by atoms with Crippen LogP contribution in [-0.2, 0) is 14.2 Å². The van der Waals surface area contributed by atoms with Gasteiger partial charge in [-0.15, -0.1) is 0 Å². The molecule has 2 fully saturated rings. The van der Waals surface area contributed by atoms with Crippen LogP contribution < -0.4 is 0 Å². The van der Waals surface area contributed by atoms with Crippen molar-refractivity contribution >= 4 is 0 Å². The molecule has 10 atom stereocenters. The lowest BCUT2D eigenvalue weighted by Crippen LogP contribution is -2.63. The zero-order valence-electron chi connectivity index (χ0n) is 11.8. The van der Waals surface area contributed by atoms with Crippen LogP contribution in [0, 0.1) is 0 Å². The lowest BCUT2D eigenvalue weighted by molar-refractivity contribution is -0.380. The van der Waals surface area contributed by atoms with E-state index in [2.05, 4.69) is 0 Å². The van der Waals surface area contributed by atoms with E-state index in [1.807, 2.05) is 0 Å². The highest BCUT2D eigenvalue weighted by Crippen LogP contribution is 2.28. The van der Waals surface area contributed by atoms with Crippen molar-refractivity contribution < 1.29 is 50.0 Å². The molecular weight excluding hydrogens is 304 g/mol. The first-order chi connectivity index (χ1) is 10.3. The average molecular weight is 326 g/mol. The molecule has 0 radical (unpaired) electrons. The maximum absolute atomic E-state index is 9.98. The Kier molecular flexibility index (Phi) is 5.72. The molecule has 6 unspecified atom stereocenters. The highest BCUT2D eigenvalue weighted by atomic mass is 16.8. The fourth-order valence-electron chi connectivity index (χ4n) is 2.50. The van der Waals surface area contributed by atoms with E-state index in [0.717, 1.165) is 0 Å². The smallest absolute Gasteiger partial charge is 0.189 e. The fraction of sp³-hybridized carbons (Fsp3) is 1.00. The summed E-state index contributed by atoms with van der Waals surface area (Å²) in [5, 5.41) is 67.7. The zero-order valence-corrected chi connectivity index (χ0v) is 11.8. The standard InChI is InChI=1S/C12H22O10/c1-2-3-4(13)6(15)9(11(19)20-3)21-12-8(17)5(14)7(16)10(18)22-12/h3-19H,2H2,1H3/t3?,4-,5+,6-,7?,8+,9?,10?,11?,12?/m1/s1. The maximum Gasteiger partial charge on any atom is 0.189 e. The summed E-state index contributed by atoms with van der Waals surface area (Å²) in [5.74, 6) is 0. The van der Waals surface area contributed by atoms with Gasteiger partial charge in [0.1, 0.15) is 36.6 Å². The third-order valence-corrected chi connectivity index (χ3v) is 3.90. The molecular formula is C12H22O10. The molecule has 2 saturated heterocycles. The molecule has 0 saturated carbocycles. The van der Waals surface area contributed by atoms with Gasteiger partial charge >= 0.3 is 0 Å². The second-order valence-electron chi connectivity index (χ2n) is 5.42. The number of aliphatic hydroxyl groups is 7. The molecule has 0 aromatic rings. The van der Waals surface area contributed by atoms with Gasteiger partial charge in [0.25, 0.3) is 0 Å². The van der Waals surface area contributed by atoms with Crippen LogP contribution in [0.5, 0.6) is 0 Å². The van der Waals surface area contributed by atoms with Crippen LogP contribution in [0.3, 0.4) is 0 Å². The van der Waals surface area contributed by atoms with Crippen molar-refractivity contribution in [3.63, 3.8) is 0 Å². The van der Waals surface area contributed by atoms with Crippen molar-refractivity contribution in [3.05, 3.63) is 0 Å². The molecule has 2 aliphatic rings. The third-order valence-electron chi connectivity index (χ3n) is 3.90. The van der Waals surface area contributed by atoms with Gasteiger partial charge in [0, 0.05) is 0 Å². The Balaban J connectivity index is 2.06. The van der Waals surface area contributed by atoms with Gasteiger partial charge < -0.3 is 50.0 Å². The lowest BCUT2D eigenvalue weighted by Gasteiger charge is -2.44. The Morgan fingerprint density at radius 1 is 0.727 bits per heavy atom. The van der Waals surface area contributed by atoms with Crippen LogP contribution in [0.4, 0.5) is 0 Å². The Morgan fingerprint density at radius 2 is 1.36 bits per heavy atom. The first kappa shape index (κ1) is 17.9. The maximum atomic E-state index is 9.98. The zero-order chi connectivity index (χ0) is 16.6. The minimum absolute atomic E-state index is 0.341. The van der Waals surface area contributed by atoms with Gasteiger partial charge in [0.05, 0.1) is 6.10 Å². The molecule has 2 aliphatic heterocycles. The predicted octanol–water partition coefficient (Wildman–Crippen LogP) is -4.02. The van der Waals surface area contributed by atoms with Gasteiger partial charge in [-0.3, -0.25) is 0 Å². The number of hydrogen-bond acceptors (Lipinski definition) is 10. The van der Waals surface area contributed by atoms with Crippen molar-refractivity contribution in [2.45, 2.75) is 74.9 Å². The van der Waals surface area contributed by atoms with E-state index in [0.29, 0.717) is 6.42 Å². The summed E-state index contributed by atoms with van der Waals surface area (Å²) in [5.41, 5.74) is 0. The Hall–Kier alpha value is -0.400. The summed E-state index contributed by atoms with van der Waals surface area (Å²) in [6.45, 7) is 1.69. The first-order valence-electron chi connectivity index (χ1n) is 7.00. The predicted molar refractivity (Wildman–Crippen MR) is 67.0 cm³/mol. The van der Waals surface area contributed by atoms with E-state index >= 15 is 0 Å². The van der Waals surface area contributed by atoms with Crippen LogP contribution in [-0.4, -0.2) is 97.3 Å². The molecule has 2 heterocycles. The van der Waals surface area contributed by atoms with Crippen molar-refractivity contribution in [1.82, 2.24) is 0 Å². The monoisotopic (exact) mass is 326 g/mol. The average Bonchev–Trinajstić information content (AvgIpc) is 2.49. The van der Waals surface area contributed by atoms with Crippen LogP contribution >= 0.6 is 0 Å². The molecule has 10 nitrogen and oxygen atoms in total.